The number of hydrogen-bond acceptors (Lipinski definition) is 2. The first kappa shape index (κ1) is 14.7. The van der Waals surface area contributed by atoms with Crippen LogP contribution in [0, 0.1) is 0 Å². The highest BCUT2D eigenvalue weighted by atomic mass is 16.5. The first-order valence-corrected chi connectivity index (χ1v) is 7.29. The molecule has 17 heavy (non-hydrogen) atoms. The van der Waals surface area contributed by atoms with Crippen LogP contribution in [0.3, 0.4) is 0 Å². The monoisotopic (exact) mass is 239 g/mol. The van der Waals surface area contributed by atoms with Crippen molar-refractivity contribution in [1.29, 1.82) is 0 Å². The summed E-state index contributed by atoms with van der Waals surface area (Å²) in [7, 11) is 0. The van der Waals surface area contributed by atoms with Crippen LogP contribution in [0.25, 0.3) is 0 Å². The minimum absolute atomic E-state index is 0.542. The van der Waals surface area contributed by atoms with Gasteiger partial charge < -0.3 is 10.1 Å². The topological polar surface area (TPSA) is 21.3 Å². The molecule has 1 N–H and O–H groups in total. The zero-order chi connectivity index (χ0) is 12.3. The van der Waals surface area contributed by atoms with Gasteiger partial charge in [-0.05, 0) is 26.2 Å². The summed E-state index contributed by atoms with van der Waals surface area (Å²) in [5.41, 5.74) is 1.52. The third-order valence-electron chi connectivity index (χ3n) is 3.37. The van der Waals surface area contributed by atoms with E-state index in [0.717, 1.165) is 26.2 Å². The molecule has 1 atom stereocenters. The molecule has 1 aliphatic heterocycles. The Morgan fingerprint density at radius 3 is 2.82 bits per heavy atom. The van der Waals surface area contributed by atoms with Crippen LogP contribution >= 0.6 is 0 Å². The average Bonchev–Trinajstić information content (AvgIpc) is 2.35. The molecule has 100 valence electrons. The molecule has 1 saturated heterocycles. The first-order valence-electron chi connectivity index (χ1n) is 7.29. The molecule has 0 aromatic carbocycles. The Hall–Kier alpha value is -0.340. The summed E-state index contributed by atoms with van der Waals surface area (Å²) in [6.07, 6.45) is 11.7. The number of ether oxygens (including phenoxy) is 1. The highest BCUT2D eigenvalue weighted by Gasteiger charge is 2.12. The SMILES string of the molecule is CCCCCCC/C=C(/C)CC1COCCN1. The van der Waals surface area contributed by atoms with Crippen LogP contribution in [0.15, 0.2) is 11.6 Å². The van der Waals surface area contributed by atoms with E-state index in [2.05, 4.69) is 25.2 Å². The molecule has 1 heterocycles. The summed E-state index contributed by atoms with van der Waals surface area (Å²) in [5.74, 6) is 0. The molecular formula is C15H29NO. The minimum Gasteiger partial charge on any atom is -0.379 e. The van der Waals surface area contributed by atoms with Crippen LogP contribution in [-0.4, -0.2) is 25.8 Å². The van der Waals surface area contributed by atoms with E-state index in [0.29, 0.717) is 6.04 Å². The predicted octanol–water partition coefficient (Wildman–Crippen LogP) is 3.67. The van der Waals surface area contributed by atoms with Gasteiger partial charge in [-0.2, -0.15) is 0 Å². The molecule has 1 aliphatic rings. The van der Waals surface area contributed by atoms with Crippen molar-refractivity contribution >= 4 is 0 Å². The van der Waals surface area contributed by atoms with E-state index in [-0.39, 0.29) is 0 Å². The number of hydrogen-bond donors (Lipinski definition) is 1. The lowest BCUT2D eigenvalue weighted by atomic mass is 10.0. The quantitative estimate of drug-likeness (QED) is 0.515. The zero-order valence-electron chi connectivity index (χ0n) is 11.6. The third-order valence-corrected chi connectivity index (χ3v) is 3.37. The maximum atomic E-state index is 5.46. The highest BCUT2D eigenvalue weighted by Crippen LogP contribution is 2.11. The standard InChI is InChI=1S/C15H29NO/c1-3-4-5-6-7-8-9-14(2)12-15-13-17-11-10-16-15/h9,15-16H,3-8,10-13H2,1-2H3/b14-9-. The highest BCUT2D eigenvalue weighted by molar-refractivity contribution is 5.01. The van der Waals surface area contributed by atoms with Gasteiger partial charge >= 0.3 is 0 Å². The number of nitrogens with one attached hydrogen (secondary N) is 1. The van der Waals surface area contributed by atoms with Gasteiger partial charge in [0.15, 0.2) is 0 Å². The van der Waals surface area contributed by atoms with Crippen molar-refractivity contribution in [3.05, 3.63) is 11.6 Å². The fourth-order valence-corrected chi connectivity index (χ4v) is 2.32. The lowest BCUT2D eigenvalue weighted by molar-refractivity contribution is 0.0770. The van der Waals surface area contributed by atoms with Crippen molar-refractivity contribution in [3.8, 4) is 0 Å². The largest absolute Gasteiger partial charge is 0.379 e. The van der Waals surface area contributed by atoms with E-state index >= 15 is 0 Å². The summed E-state index contributed by atoms with van der Waals surface area (Å²) in [6, 6.07) is 0.542. The van der Waals surface area contributed by atoms with Crippen LogP contribution in [0.2, 0.25) is 0 Å². The Kier molecular flexibility index (Phi) is 8.37. The number of morpholine rings is 1. The fourth-order valence-electron chi connectivity index (χ4n) is 2.32. The second-order valence-electron chi connectivity index (χ2n) is 5.18. The first-order chi connectivity index (χ1) is 8.33. The fraction of sp³-hybridized carbons (Fsp3) is 0.867. The van der Waals surface area contributed by atoms with Crippen molar-refractivity contribution < 1.29 is 4.74 Å². The van der Waals surface area contributed by atoms with Gasteiger partial charge in [-0.3, -0.25) is 0 Å². The van der Waals surface area contributed by atoms with E-state index in [1.54, 1.807) is 0 Å². The predicted molar refractivity (Wildman–Crippen MR) is 74.4 cm³/mol. The Morgan fingerprint density at radius 1 is 1.29 bits per heavy atom. The smallest absolute Gasteiger partial charge is 0.0623 e. The number of unbranched alkanes of at least 4 members (excludes halogenated alkanes) is 5. The molecule has 0 aromatic rings. The van der Waals surface area contributed by atoms with Crippen molar-refractivity contribution in [3.63, 3.8) is 0 Å². The summed E-state index contributed by atoms with van der Waals surface area (Å²) in [6.45, 7) is 7.28. The maximum Gasteiger partial charge on any atom is 0.0623 e. The normalized spacial score (nSPS) is 21.8. The molecule has 2 heteroatoms. The van der Waals surface area contributed by atoms with E-state index < -0.39 is 0 Å². The third kappa shape index (κ3) is 7.56. The molecule has 0 amide bonds. The van der Waals surface area contributed by atoms with Crippen molar-refractivity contribution in [2.75, 3.05) is 19.8 Å². The number of rotatable bonds is 8. The Labute approximate surface area is 107 Å². The van der Waals surface area contributed by atoms with Gasteiger partial charge in [0.1, 0.15) is 0 Å². The lowest BCUT2D eigenvalue weighted by Crippen LogP contribution is -2.41. The maximum absolute atomic E-state index is 5.46. The Balaban J connectivity index is 2.03. The van der Waals surface area contributed by atoms with Gasteiger partial charge in [-0.15, -0.1) is 0 Å². The summed E-state index contributed by atoms with van der Waals surface area (Å²) >= 11 is 0. The summed E-state index contributed by atoms with van der Waals surface area (Å²) in [5, 5.41) is 3.50. The van der Waals surface area contributed by atoms with Crippen molar-refractivity contribution in [2.45, 2.75) is 64.8 Å². The average molecular weight is 239 g/mol. The Morgan fingerprint density at radius 2 is 2.12 bits per heavy atom. The van der Waals surface area contributed by atoms with Crippen LogP contribution < -0.4 is 5.32 Å². The molecule has 0 bridgehead atoms. The van der Waals surface area contributed by atoms with Gasteiger partial charge in [0.05, 0.1) is 13.2 Å². The van der Waals surface area contributed by atoms with Crippen molar-refractivity contribution in [1.82, 2.24) is 5.32 Å². The van der Waals surface area contributed by atoms with Gasteiger partial charge in [-0.25, -0.2) is 0 Å². The minimum atomic E-state index is 0.542. The van der Waals surface area contributed by atoms with Gasteiger partial charge in [0.2, 0.25) is 0 Å². The van der Waals surface area contributed by atoms with E-state index in [4.69, 9.17) is 4.74 Å². The molecule has 0 radical (unpaired) electrons. The van der Waals surface area contributed by atoms with E-state index in [1.807, 2.05) is 0 Å². The van der Waals surface area contributed by atoms with Gasteiger partial charge in [0.25, 0.3) is 0 Å². The second-order valence-corrected chi connectivity index (χ2v) is 5.18. The molecule has 0 saturated carbocycles. The van der Waals surface area contributed by atoms with Crippen LogP contribution in [0.5, 0.6) is 0 Å². The van der Waals surface area contributed by atoms with Gasteiger partial charge in [0, 0.05) is 12.6 Å². The lowest BCUT2D eigenvalue weighted by Gasteiger charge is -2.24. The molecule has 0 aromatic heterocycles. The van der Waals surface area contributed by atoms with E-state index in [1.165, 1.54) is 44.1 Å². The summed E-state index contributed by atoms with van der Waals surface area (Å²) < 4.78 is 5.46. The molecule has 2 nitrogen and oxygen atoms in total. The van der Waals surface area contributed by atoms with Gasteiger partial charge in [-0.1, -0.05) is 44.3 Å². The van der Waals surface area contributed by atoms with E-state index in [9.17, 15) is 0 Å². The molecule has 0 aliphatic carbocycles. The molecule has 1 unspecified atom stereocenters. The molecule has 1 fully saturated rings. The molecule has 0 spiro atoms. The number of allylic oxidation sites excluding steroid dienone is 1. The zero-order valence-corrected chi connectivity index (χ0v) is 11.6. The van der Waals surface area contributed by atoms with Crippen LogP contribution in [-0.2, 0) is 4.74 Å². The second kappa shape index (κ2) is 9.67. The Bertz CT molecular complexity index is 207. The van der Waals surface area contributed by atoms with Crippen LogP contribution in [0.4, 0.5) is 0 Å². The van der Waals surface area contributed by atoms with Crippen LogP contribution in [0.1, 0.15) is 58.8 Å². The van der Waals surface area contributed by atoms with Crippen molar-refractivity contribution in [2.24, 2.45) is 0 Å². The summed E-state index contributed by atoms with van der Waals surface area (Å²) in [4.78, 5) is 0. The molecule has 1 rings (SSSR count). The molecular weight excluding hydrogens is 210 g/mol.